The zero-order valence-corrected chi connectivity index (χ0v) is 18.8. The highest BCUT2D eigenvalue weighted by molar-refractivity contribution is 7.98. The normalized spacial score (nSPS) is 19.5. The van der Waals surface area contributed by atoms with Crippen molar-refractivity contribution in [2.75, 3.05) is 24.3 Å². The Kier molecular flexibility index (Phi) is 10.8. The first kappa shape index (κ1) is 25.6. The molecule has 0 bridgehead atoms. The fourth-order valence-corrected chi connectivity index (χ4v) is 3.84. The summed E-state index contributed by atoms with van der Waals surface area (Å²) in [4.78, 5) is 50.6. The zero-order valence-electron chi connectivity index (χ0n) is 17.1. The predicted octanol–water partition coefficient (Wildman–Crippen LogP) is -0.302. The van der Waals surface area contributed by atoms with Gasteiger partial charge in [-0.15, -0.1) is 0 Å². The summed E-state index contributed by atoms with van der Waals surface area (Å²) in [7, 11) is 0. The van der Waals surface area contributed by atoms with Gasteiger partial charge in [0.2, 0.25) is 17.7 Å². The molecule has 0 aliphatic carbocycles. The molecule has 0 aromatic rings. The number of nitrogens with one attached hydrogen (secondary N) is 2. The number of nitrogens with two attached hydrogens (primary N) is 1. The van der Waals surface area contributed by atoms with E-state index in [1.165, 1.54) is 4.90 Å². The largest absolute Gasteiger partial charge is 0.480 e. The molecule has 0 aromatic heterocycles. The maximum Gasteiger partial charge on any atom is 0.326 e. The summed E-state index contributed by atoms with van der Waals surface area (Å²) < 4.78 is 0. The van der Waals surface area contributed by atoms with Crippen molar-refractivity contribution >= 4 is 48.1 Å². The third-order valence-electron chi connectivity index (χ3n) is 4.84. The molecule has 1 rings (SSSR count). The molecule has 0 saturated carbocycles. The van der Waals surface area contributed by atoms with Gasteiger partial charge in [-0.25, -0.2) is 4.79 Å². The van der Waals surface area contributed by atoms with Crippen LogP contribution in [0.5, 0.6) is 0 Å². The highest BCUT2D eigenvalue weighted by Crippen LogP contribution is 2.20. The summed E-state index contributed by atoms with van der Waals surface area (Å²) in [6.45, 7) is 3.75. The van der Waals surface area contributed by atoms with Crippen molar-refractivity contribution in [2.45, 2.75) is 57.3 Å². The van der Waals surface area contributed by atoms with Gasteiger partial charge in [-0.05, 0) is 37.2 Å². The lowest BCUT2D eigenvalue weighted by molar-refractivity contribution is -0.145. The molecule has 3 amide bonds. The van der Waals surface area contributed by atoms with Gasteiger partial charge in [-0.2, -0.15) is 24.4 Å². The fraction of sp³-hybridized carbons (Fsp3) is 0.778. The average Bonchev–Trinajstić information content (AvgIpc) is 3.16. The Hall–Kier alpha value is -1.46. The van der Waals surface area contributed by atoms with Crippen molar-refractivity contribution in [3.05, 3.63) is 0 Å². The van der Waals surface area contributed by atoms with Crippen LogP contribution in [-0.2, 0) is 19.2 Å². The minimum absolute atomic E-state index is 0.0639. The molecule has 4 atom stereocenters. The van der Waals surface area contributed by atoms with E-state index < -0.39 is 47.9 Å². The van der Waals surface area contributed by atoms with E-state index in [1.54, 1.807) is 25.6 Å². The number of aliphatic carboxylic acids is 1. The molecule has 1 fully saturated rings. The van der Waals surface area contributed by atoms with E-state index >= 15 is 0 Å². The minimum Gasteiger partial charge on any atom is -0.480 e. The van der Waals surface area contributed by atoms with Gasteiger partial charge in [0, 0.05) is 12.3 Å². The van der Waals surface area contributed by atoms with E-state index in [1.807, 2.05) is 6.26 Å². The van der Waals surface area contributed by atoms with Gasteiger partial charge < -0.3 is 26.4 Å². The number of likely N-dealkylation sites (tertiary alicyclic amines) is 1. The lowest BCUT2D eigenvalue weighted by atomic mass is 10.0. The van der Waals surface area contributed by atoms with Gasteiger partial charge in [0.25, 0.3) is 0 Å². The first-order valence-electron chi connectivity index (χ1n) is 9.63. The molecule has 1 aliphatic heterocycles. The number of thiol groups is 1. The van der Waals surface area contributed by atoms with Crippen LogP contribution in [0.15, 0.2) is 0 Å². The van der Waals surface area contributed by atoms with Gasteiger partial charge >= 0.3 is 5.97 Å². The van der Waals surface area contributed by atoms with Crippen LogP contribution in [0.25, 0.3) is 0 Å². The Bertz CT molecular complexity index is 605. The Morgan fingerprint density at radius 2 is 1.93 bits per heavy atom. The number of hydrogen-bond acceptors (Lipinski definition) is 7. The molecule has 0 radical (unpaired) electrons. The minimum atomic E-state index is -1.12. The van der Waals surface area contributed by atoms with Gasteiger partial charge in [-0.3, -0.25) is 14.4 Å². The van der Waals surface area contributed by atoms with E-state index in [9.17, 15) is 24.3 Å². The quantitative estimate of drug-likeness (QED) is 0.273. The monoisotopic (exact) mass is 448 g/mol. The number of hydrogen-bond donors (Lipinski definition) is 5. The number of rotatable bonds is 11. The number of carbonyl (C=O) groups is 4. The number of nitrogens with zero attached hydrogens (tertiary/aromatic N) is 1. The molecule has 166 valence electrons. The van der Waals surface area contributed by atoms with E-state index in [4.69, 9.17) is 5.73 Å². The van der Waals surface area contributed by atoms with Crippen LogP contribution in [0.4, 0.5) is 0 Å². The smallest absolute Gasteiger partial charge is 0.326 e. The van der Waals surface area contributed by atoms with Crippen molar-refractivity contribution < 1.29 is 24.3 Å². The van der Waals surface area contributed by atoms with Crippen LogP contribution < -0.4 is 16.4 Å². The zero-order chi connectivity index (χ0) is 22.1. The second-order valence-electron chi connectivity index (χ2n) is 7.39. The molecule has 5 N–H and O–H groups in total. The molecule has 1 aliphatic rings. The Morgan fingerprint density at radius 1 is 1.28 bits per heavy atom. The Morgan fingerprint density at radius 3 is 2.45 bits per heavy atom. The van der Waals surface area contributed by atoms with Gasteiger partial charge in [0.1, 0.15) is 18.1 Å². The topological polar surface area (TPSA) is 142 Å². The van der Waals surface area contributed by atoms with Crippen LogP contribution in [-0.4, -0.2) is 82.2 Å². The highest BCUT2D eigenvalue weighted by atomic mass is 32.2. The molecule has 9 nitrogen and oxygen atoms in total. The van der Waals surface area contributed by atoms with Gasteiger partial charge in [0.05, 0.1) is 6.04 Å². The highest BCUT2D eigenvalue weighted by Gasteiger charge is 2.39. The number of thioether (sulfide) groups is 1. The van der Waals surface area contributed by atoms with Crippen LogP contribution in [0.1, 0.15) is 33.1 Å². The molecule has 0 aromatic carbocycles. The third kappa shape index (κ3) is 7.38. The number of carboxylic acids is 1. The Balaban J connectivity index is 2.80. The van der Waals surface area contributed by atoms with Crippen molar-refractivity contribution in [3.8, 4) is 0 Å². The third-order valence-corrected chi connectivity index (χ3v) is 5.85. The standard InChI is InChI=1S/C18H32N4O5S2/c1-10(2)14(18(26)27)21-16(24)13-5-4-7-22(13)17(25)12(9-28)20-15(23)11(19)6-8-29-3/h10-14,28H,4-9,19H2,1-3H3,(H,20,23)(H,21,24)(H,26,27). The van der Waals surface area contributed by atoms with E-state index in [0.717, 1.165) is 5.75 Å². The van der Waals surface area contributed by atoms with Crippen LogP contribution in [0.3, 0.4) is 0 Å². The molecule has 1 saturated heterocycles. The molecular weight excluding hydrogens is 416 g/mol. The van der Waals surface area contributed by atoms with Crippen molar-refractivity contribution in [3.63, 3.8) is 0 Å². The maximum atomic E-state index is 12.9. The first-order valence-corrected chi connectivity index (χ1v) is 11.7. The Labute approximate surface area is 181 Å². The molecule has 0 spiro atoms. The van der Waals surface area contributed by atoms with Crippen molar-refractivity contribution in [1.29, 1.82) is 0 Å². The van der Waals surface area contributed by atoms with E-state index in [-0.39, 0.29) is 11.7 Å². The molecule has 29 heavy (non-hydrogen) atoms. The summed E-state index contributed by atoms with van der Waals surface area (Å²) in [5, 5.41) is 14.4. The van der Waals surface area contributed by atoms with Crippen molar-refractivity contribution in [2.24, 2.45) is 11.7 Å². The van der Waals surface area contributed by atoms with Gasteiger partial charge in [-0.1, -0.05) is 13.8 Å². The maximum absolute atomic E-state index is 12.9. The van der Waals surface area contributed by atoms with Crippen LogP contribution >= 0.6 is 24.4 Å². The van der Waals surface area contributed by atoms with Gasteiger partial charge in [0.15, 0.2) is 0 Å². The molecule has 4 unspecified atom stereocenters. The summed E-state index contributed by atoms with van der Waals surface area (Å²) in [5.74, 6) is -1.98. The molecule has 1 heterocycles. The SMILES string of the molecule is CSCCC(N)C(=O)NC(CS)C(=O)N1CCCC1C(=O)NC(C(=O)O)C(C)C. The lowest BCUT2D eigenvalue weighted by Gasteiger charge is -2.29. The average molecular weight is 449 g/mol. The van der Waals surface area contributed by atoms with Crippen LogP contribution in [0, 0.1) is 5.92 Å². The number of carboxylic acid groups (broad SMARTS) is 1. The molecule has 11 heteroatoms. The predicted molar refractivity (Wildman–Crippen MR) is 116 cm³/mol. The van der Waals surface area contributed by atoms with Crippen molar-refractivity contribution in [1.82, 2.24) is 15.5 Å². The molecular formula is C18H32N4O5S2. The second kappa shape index (κ2) is 12.3. The summed E-state index contributed by atoms with van der Waals surface area (Å²) in [6, 6.07) is -3.43. The van der Waals surface area contributed by atoms with E-state index in [0.29, 0.717) is 25.8 Å². The summed E-state index contributed by atoms with van der Waals surface area (Å²) >= 11 is 5.74. The number of carbonyl (C=O) groups excluding carboxylic acids is 3. The summed E-state index contributed by atoms with van der Waals surface area (Å²) in [6.07, 6.45) is 3.45. The van der Waals surface area contributed by atoms with Crippen LogP contribution in [0.2, 0.25) is 0 Å². The fourth-order valence-electron chi connectivity index (χ4n) is 3.11. The lowest BCUT2D eigenvalue weighted by Crippen LogP contribution is -2.57. The number of amides is 3. The summed E-state index contributed by atoms with van der Waals surface area (Å²) in [5.41, 5.74) is 5.85. The second-order valence-corrected chi connectivity index (χ2v) is 8.74. The van der Waals surface area contributed by atoms with E-state index in [2.05, 4.69) is 23.3 Å². The first-order chi connectivity index (χ1) is 13.6.